The molecular weight excluding hydrogens is 696 g/mol. The van der Waals surface area contributed by atoms with Crippen LogP contribution in [0.4, 0.5) is 5.69 Å². The summed E-state index contributed by atoms with van der Waals surface area (Å²) < 4.78 is 4.09. The average molecular weight is 717 g/mol. The summed E-state index contributed by atoms with van der Waals surface area (Å²) in [6, 6.07) is 0. The van der Waals surface area contributed by atoms with E-state index >= 15 is 0 Å². The first-order chi connectivity index (χ1) is 13.2. The molecule has 0 bridgehead atoms. The van der Waals surface area contributed by atoms with Gasteiger partial charge in [0.2, 0.25) is 0 Å². The van der Waals surface area contributed by atoms with Crippen LogP contribution in [0, 0.1) is 10.8 Å². The van der Waals surface area contributed by atoms with Gasteiger partial charge in [-0.15, -0.1) is 5.11 Å². The second kappa shape index (κ2) is 9.31. The van der Waals surface area contributed by atoms with Crippen molar-refractivity contribution < 1.29 is 4.79 Å². The van der Waals surface area contributed by atoms with Crippen molar-refractivity contribution in [3.63, 3.8) is 0 Å². The molecule has 1 aliphatic carbocycles. The number of carbonyl (C=O) groups excluding carboxylic acids is 1. The molecule has 0 N–H and O–H groups in total. The molecule has 29 heavy (non-hydrogen) atoms. The van der Waals surface area contributed by atoms with Gasteiger partial charge in [-0.05, 0) is 108 Å². The van der Waals surface area contributed by atoms with Crippen LogP contribution in [0.25, 0.3) is 0 Å². The third kappa shape index (κ3) is 5.68. The Hall–Kier alpha value is 0.110. The van der Waals surface area contributed by atoms with Gasteiger partial charge >= 0.3 is 0 Å². The number of allylic oxidation sites excluding steroid dienone is 5. The monoisotopic (exact) mass is 712 g/mol. The third-order valence-corrected chi connectivity index (χ3v) is 10.3. The maximum absolute atomic E-state index is 13.0. The molecule has 0 spiro atoms. The van der Waals surface area contributed by atoms with Crippen LogP contribution in [0.2, 0.25) is 0 Å². The maximum atomic E-state index is 13.0. The molecule has 0 aromatic heterocycles. The van der Waals surface area contributed by atoms with E-state index in [1.165, 1.54) is 0 Å². The van der Waals surface area contributed by atoms with E-state index in [2.05, 4.69) is 89.9 Å². The zero-order valence-corrected chi connectivity index (χ0v) is 24.9. The Morgan fingerprint density at radius 3 is 1.48 bits per heavy atom. The minimum Gasteiger partial charge on any atom is -0.289 e. The number of hydrogen-bond donors (Lipinski definition) is 0. The molecule has 0 heterocycles. The van der Waals surface area contributed by atoms with E-state index in [9.17, 15) is 4.79 Å². The van der Waals surface area contributed by atoms with Crippen molar-refractivity contribution in [3.8, 4) is 0 Å². The zero-order valence-electron chi connectivity index (χ0n) is 16.9. The molecule has 0 amide bonds. The van der Waals surface area contributed by atoms with Crippen LogP contribution >= 0.6 is 79.6 Å². The summed E-state index contributed by atoms with van der Waals surface area (Å²) in [4.78, 5) is 13.0. The highest BCUT2D eigenvalue weighted by Gasteiger charge is 2.34. The van der Waals surface area contributed by atoms with Crippen molar-refractivity contribution in [1.82, 2.24) is 0 Å². The molecule has 0 fully saturated rings. The van der Waals surface area contributed by atoms with Crippen LogP contribution in [0.3, 0.4) is 0 Å². The van der Waals surface area contributed by atoms with Gasteiger partial charge in [0.1, 0.15) is 5.69 Å². The zero-order chi connectivity index (χ0) is 22.3. The van der Waals surface area contributed by atoms with Crippen molar-refractivity contribution >= 4 is 91.1 Å². The van der Waals surface area contributed by atoms with Crippen molar-refractivity contribution in [1.29, 1.82) is 0 Å². The van der Waals surface area contributed by atoms with E-state index in [4.69, 9.17) is 0 Å². The van der Waals surface area contributed by atoms with Crippen molar-refractivity contribution in [2.24, 2.45) is 21.1 Å². The fraction of sp³-hybridized carbons (Fsp3) is 0.381. The minimum atomic E-state index is -0.258. The van der Waals surface area contributed by atoms with Gasteiger partial charge in [-0.3, -0.25) is 4.79 Å². The molecular formula is C21H21Br5N2O. The van der Waals surface area contributed by atoms with Crippen molar-refractivity contribution in [2.45, 2.75) is 41.5 Å². The van der Waals surface area contributed by atoms with Gasteiger partial charge in [-0.2, -0.15) is 5.11 Å². The normalized spacial score (nSPS) is 15.7. The van der Waals surface area contributed by atoms with Gasteiger partial charge < -0.3 is 0 Å². The fourth-order valence-electron chi connectivity index (χ4n) is 2.67. The molecule has 0 saturated heterocycles. The molecule has 3 nitrogen and oxygen atoms in total. The van der Waals surface area contributed by atoms with Gasteiger partial charge in [0.15, 0.2) is 5.78 Å². The molecule has 156 valence electrons. The third-order valence-electron chi connectivity index (χ3n) is 4.28. The highest BCUT2D eigenvalue weighted by molar-refractivity contribution is 9.15. The Labute approximate surface area is 214 Å². The van der Waals surface area contributed by atoms with E-state index < -0.39 is 0 Å². The molecule has 0 aliphatic heterocycles. The first-order valence-corrected chi connectivity index (χ1v) is 12.7. The van der Waals surface area contributed by atoms with E-state index in [1.54, 1.807) is 6.20 Å². The summed E-state index contributed by atoms with van der Waals surface area (Å²) in [5, 5.41) is 8.69. The van der Waals surface area contributed by atoms with Gasteiger partial charge in [-0.1, -0.05) is 41.5 Å². The van der Waals surface area contributed by atoms with Crippen LogP contribution < -0.4 is 0 Å². The average Bonchev–Trinajstić information content (AvgIpc) is 2.60. The van der Waals surface area contributed by atoms with Gasteiger partial charge in [0, 0.05) is 24.6 Å². The summed E-state index contributed by atoms with van der Waals surface area (Å²) in [5.41, 5.74) is 2.55. The molecule has 8 heteroatoms. The lowest BCUT2D eigenvalue weighted by Gasteiger charge is -2.31. The summed E-state index contributed by atoms with van der Waals surface area (Å²) in [6.45, 7) is 12.3. The standard InChI is InChI=1S/C21H21Br5N2O/c1-20(2,3)11-7-10(8-12(19(11)29)21(4,5)6)9-27-28-18-16(25)14(23)13(22)15(24)17(18)26/h7-9H,1-6H3. The van der Waals surface area contributed by atoms with E-state index in [0.29, 0.717) is 5.69 Å². The van der Waals surface area contributed by atoms with Crippen LogP contribution in [0.1, 0.15) is 41.5 Å². The second-order valence-electron chi connectivity index (χ2n) is 8.71. The lowest BCUT2D eigenvalue weighted by molar-refractivity contribution is -0.114. The largest absolute Gasteiger partial charge is 0.289 e. The van der Waals surface area contributed by atoms with Crippen LogP contribution in [0.5, 0.6) is 0 Å². The van der Waals surface area contributed by atoms with Gasteiger partial charge in [-0.25, -0.2) is 0 Å². The fourth-order valence-corrected chi connectivity index (χ4v) is 5.86. The van der Waals surface area contributed by atoms with Crippen LogP contribution in [-0.4, -0.2) is 5.78 Å². The number of nitrogens with zero attached hydrogens (tertiary/aromatic N) is 2. The summed E-state index contributed by atoms with van der Waals surface area (Å²) >= 11 is 17.7. The summed E-state index contributed by atoms with van der Waals surface area (Å²) in [6.07, 6.45) is 5.51. The number of Topliss-reactive ketones (excluding diaryl/α,β-unsaturated/α-hetero) is 1. The molecule has 1 aromatic carbocycles. The Bertz CT molecular complexity index is 925. The lowest BCUT2D eigenvalue weighted by atomic mass is 9.72. The van der Waals surface area contributed by atoms with Gasteiger partial charge in [0.25, 0.3) is 0 Å². The number of azo groups is 1. The number of carbonyl (C=O) groups is 1. The highest BCUT2D eigenvalue weighted by atomic mass is 79.9. The Balaban J connectivity index is 2.55. The summed E-state index contributed by atoms with van der Waals surface area (Å²) in [5.74, 6) is 0.102. The van der Waals surface area contributed by atoms with E-state index in [0.717, 1.165) is 39.1 Å². The molecule has 0 radical (unpaired) electrons. The first kappa shape index (κ1) is 25.4. The van der Waals surface area contributed by atoms with Crippen LogP contribution in [0.15, 0.2) is 67.7 Å². The predicted molar refractivity (Wildman–Crippen MR) is 138 cm³/mol. The topological polar surface area (TPSA) is 41.8 Å². The molecule has 1 aromatic rings. The Kier molecular flexibility index (Phi) is 8.14. The lowest BCUT2D eigenvalue weighted by Crippen LogP contribution is -2.27. The maximum Gasteiger partial charge on any atom is 0.186 e. The highest BCUT2D eigenvalue weighted by Crippen LogP contribution is 2.48. The quantitative estimate of drug-likeness (QED) is 0.171. The Morgan fingerprint density at radius 2 is 1.10 bits per heavy atom. The molecule has 0 unspecified atom stereocenters. The van der Waals surface area contributed by atoms with E-state index in [1.807, 2.05) is 53.7 Å². The molecule has 2 rings (SSSR count). The summed E-state index contributed by atoms with van der Waals surface area (Å²) in [7, 11) is 0. The minimum absolute atomic E-state index is 0.102. The number of benzene rings is 1. The van der Waals surface area contributed by atoms with Crippen LogP contribution in [-0.2, 0) is 4.79 Å². The molecule has 1 aliphatic rings. The number of hydrogen-bond acceptors (Lipinski definition) is 3. The van der Waals surface area contributed by atoms with Crippen molar-refractivity contribution in [3.05, 3.63) is 57.4 Å². The SMILES string of the molecule is CC(C)(C)C1=CC(=CN=Nc2c(Br)c(Br)c(Br)c(Br)c2Br)C=C(C(C)(C)C)C1=O. The Morgan fingerprint density at radius 1 is 0.724 bits per heavy atom. The molecule has 0 saturated carbocycles. The van der Waals surface area contributed by atoms with Crippen molar-refractivity contribution in [2.75, 3.05) is 0 Å². The second-order valence-corrected chi connectivity index (χ2v) is 12.7. The molecule has 0 atom stereocenters. The predicted octanol–water partition coefficient (Wildman–Crippen LogP) is 9.99. The number of halogens is 5. The number of rotatable bonds is 2. The number of ketones is 1. The van der Waals surface area contributed by atoms with E-state index in [-0.39, 0.29) is 16.6 Å². The smallest absolute Gasteiger partial charge is 0.186 e. The first-order valence-electron chi connectivity index (χ1n) is 8.77. The van der Waals surface area contributed by atoms with Gasteiger partial charge in [0.05, 0.1) is 15.1 Å².